The lowest BCUT2D eigenvalue weighted by Crippen LogP contribution is -2.09. The first kappa shape index (κ1) is 12.0. The van der Waals surface area contributed by atoms with Gasteiger partial charge in [-0.25, -0.2) is 0 Å². The van der Waals surface area contributed by atoms with Crippen molar-refractivity contribution >= 4 is 10.9 Å². The first-order valence-electron chi connectivity index (χ1n) is 5.93. The van der Waals surface area contributed by atoms with Crippen LogP contribution < -0.4 is 0 Å². The number of hydrogen-bond acceptors (Lipinski definition) is 3. The van der Waals surface area contributed by atoms with Crippen LogP contribution in [0, 0.1) is 0 Å². The van der Waals surface area contributed by atoms with Gasteiger partial charge in [0.15, 0.2) is 6.29 Å². The van der Waals surface area contributed by atoms with E-state index in [9.17, 15) is 0 Å². The van der Waals surface area contributed by atoms with E-state index >= 15 is 0 Å². The van der Waals surface area contributed by atoms with E-state index in [0.717, 1.165) is 16.5 Å². The number of hydrogen-bond donors (Lipinski definition) is 0. The van der Waals surface area contributed by atoms with E-state index in [2.05, 4.69) is 4.98 Å². The third-order valence-electron chi connectivity index (χ3n) is 2.57. The topological polar surface area (TPSA) is 31.4 Å². The Kier molecular flexibility index (Phi) is 4.07. The SMILES string of the molecule is CCOC(OCC)c1ccnc2ccccc12. The van der Waals surface area contributed by atoms with Gasteiger partial charge in [0.25, 0.3) is 0 Å². The lowest BCUT2D eigenvalue weighted by Gasteiger charge is -2.18. The molecule has 1 heterocycles. The van der Waals surface area contributed by atoms with Crippen LogP contribution in [0.25, 0.3) is 10.9 Å². The zero-order valence-electron chi connectivity index (χ0n) is 10.2. The summed E-state index contributed by atoms with van der Waals surface area (Å²) in [5.74, 6) is 0. The van der Waals surface area contributed by atoms with Crippen LogP contribution in [0.3, 0.4) is 0 Å². The summed E-state index contributed by atoms with van der Waals surface area (Å²) in [6, 6.07) is 9.98. The second-order valence-corrected chi connectivity index (χ2v) is 3.66. The molecule has 0 aliphatic carbocycles. The Labute approximate surface area is 101 Å². The molecule has 90 valence electrons. The second-order valence-electron chi connectivity index (χ2n) is 3.66. The minimum absolute atomic E-state index is 0.308. The van der Waals surface area contributed by atoms with Crippen LogP contribution in [0.2, 0.25) is 0 Å². The number of pyridine rings is 1. The van der Waals surface area contributed by atoms with Crippen molar-refractivity contribution in [2.75, 3.05) is 13.2 Å². The van der Waals surface area contributed by atoms with Crippen molar-refractivity contribution in [3.05, 3.63) is 42.1 Å². The fraction of sp³-hybridized carbons (Fsp3) is 0.357. The standard InChI is InChI=1S/C14H17NO2/c1-3-16-14(17-4-2)12-9-10-15-13-8-6-5-7-11(12)13/h5-10,14H,3-4H2,1-2H3. The lowest BCUT2D eigenvalue weighted by atomic mass is 10.1. The van der Waals surface area contributed by atoms with Crippen LogP contribution >= 0.6 is 0 Å². The van der Waals surface area contributed by atoms with Gasteiger partial charge >= 0.3 is 0 Å². The summed E-state index contributed by atoms with van der Waals surface area (Å²) >= 11 is 0. The summed E-state index contributed by atoms with van der Waals surface area (Å²) < 4.78 is 11.3. The van der Waals surface area contributed by atoms with Gasteiger partial charge in [-0.3, -0.25) is 4.98 Å². The third-order valence-corrected chi connectivity index (χ3v) is 2.57. The van der Waals surface area contributed by atoms with Gasteiger partial charge in [-0.1, -0.05) is 18.2 Å². The van der Waals surface area contributed by atoms with E-state index in [-0.39, 0.29) is 6.29 Å². The Morgan fingerprint density at radius 1 is 1.06 bits per heavy atom. The molecule has 17 heavy (non-hydrogen) atoms. The van der Waals surface area contributed by atoms with Gasteiger partial charge in [0.2, 0.25) is 0 Å². The molecule has 1 aromatic heterocycles. The predicted molar refractivity (Wildman–Crippen MR) is 67.7 cm³/mol. The number of aromatic nitrogens is 1. The van der Waals surface area contributed by atoms with Crippen molar-refractivity contribution < 1.29 is 9.47 Å². The highest BCUT2D eigenvalue weighted by Gasteiger charge is 2.14. The molecule has 0 unspecified atom stereocenters. The van der Waals surface area contributed by atoms with Crippen LogP contribution in [0.1, 0.15) is 25.7 Å². The molecule has 0 saturated heterocycles. The van der Waals surface area contributed by atoms with Crippen LogP contribution in [0.5, 0.6) is 0 Å². The van der Waals surface area contributed by atoms with E-state index in [1.165, 1.54) is 0 Å². The molecule has 0 atom stereocenters. The highest BCUT2D eigenvalue weighted by molar-refractivity contribution is 5.82. The van der Waals surface area contributed by atoms with Crippen molar-refractivity contribution in [2.45, 2.75) is 20.1 Å². The summed E-state index contributed by atoms with van der Waals surface area (Å²) in [5, 5.41) is 1.09. The van der Waals surface area contributed by atoms with Crippen LogP contribution in [-0.2, 0) is 9.47 Å². The van der Waals surface area contributed by atoms with Crippen LogP contribution in [-0.4, -0.2) is 18.2 Å². The fourth-order valence-corrected chi connectivity index (χ4v) is 1.85. The van der Waals surface area contributed by atoms with Crippen molar-refractivity contribution in [3.63, 3.8) is 0 Å². The van der Waals surface area contributed by atoms with Gasteiger partial charge in [-0.15, -0.1) is 0 Å². The number of para-hydroxylation sites is 1. The summed E-state index contributed by atoms with van der Waals surface area (Å²) in [6.07, 6.45) is 1.49. The maximum Gasteiger partial charge on any atom is 0.184 e. The Morgan fingerprint density at radius 3 is 2.47 bits per heavy atom. The molecule has 0 aliphatic rings. The molecule has 1 aromatic carbocycles. The van der Waals surface area contributed by atoms with Crippen LogP contribution in [0.15, 0.2) is 36.5 Å². The van der Waals surface area contributed by atoms with E-state index in [4.69, 9.17) is 9.47 Å². The van der Waals surface area contributed by atoms with Gasteiger partial charge in [0.05, 0.1) is 5.52 Å². The van der Waals surface area contributed by atoms with Gasteiger partial charge in [-0.2, -0.15) is 0 Å². The smallest absolute Gasteiger partial charge is 0.184 e. The van der Waals surface area contributed by atoms with Crippen LogP contribution in [0.4, 0.5) is 0 Å². The minimum Gasteiger partial charge on any atom is -0.349 e. The number of benzene rings is 1. The van der Waals surface area contributed by atoms with Crippen molar-refractivity contribution in [2.24, 2.45) is 0 Å². The van der Waals surface area contributed by atoms with Gasteiger partial charge in [0, 0.05) is 30.4 Å². The molecule has 0 spiro atoms. The number of nitrogens with zero attached hydrogens (tertiary/aromatic N) is 1. The van der Waals surface area contributed by atoms with Gasteiger partial charge in [-0.05, 0) is 26.0 Å². The number of ether oxygens (including phenoxy) is 2. The molecular weight excluding hydrogens is 214 g/mol. The molecule has 0 amide bonds. The maximum absolute atomic E-state index is 5.63. The Balaban J connectivity index is 2.44. The first-order valence-corrected chi connectivity index (χ1v) is 5.93. The highest BCUT2D eigenvalue weighted by Crippen LogP contribution is 2.26. The van der Waals surface area contributed by atoms with Crippen molar-refractivity contribution in [1.82, 2.24) is 4.98 Å². The largest absolute Gasteiger partial charge is 0.349 e. The normalized spacial score (nSPS) is 11.2. The molecular formula is C14H17NO2. The average molecular weight is 231 g/mol. The number of rotatable bonds is 5. The molecule has 0 saturated carbocycles. The van der Waals surface area contributed by atoms with E-state index < -0.39 is 0 Å². The quantitative estimate of drug-likeness (QED) is 0.740. The average Bonchev–Trinajstić information content (AvgIpc) is 2.38. The van der Waals surface area contributed by atoms with Gasteiger partial charge < -0.3 is 9.47 Å². The summed E-state index contributed by atoms with van der Waals surface area (Å²) in [6.45, 7) is 5.19. The fourth-order valence-electron chi connectivity index (χ4n) is 1.85. The third kappa shape index (κ3) is 2.62. The molecule has 3 nitrogen and oxygen atoms in total. The molecule has 2 rings (SSSR count). The molecule has 0 bridgehead atoms. The molecule has 0 fully saturated rings. The second kappa shape index (κ2) is 5.75. The summed E-state index contributed by atoms with van der Waals surface area (Å²) in [5.41, 5.74) is 2.01. The number of fused-ring (bicyclic) bond motifs is 1. The van der Waals surface area contributed by atoms with Crippen molar-refractivity contribution in [1.29, 1.82) is 0 Å². The summed E-state index contributed by atoms with van der Waals surface area (Å²) in [7, 11) is 0. The maximum atomic E-state index is 5.63. The molecule has 0 N–H and O–H groups in total. The summed E-state index contributed by atoms with van der Waals surface area (Å²) in [4.78, 5) is 4.33. The predicted octanol–water partition coefficient (Wildman–Crippen LogP) is 3.31. The molecule has 0 aliphatic heterocycles. The first-order chi connectivity index (χ1) is 8.36. The van der Waals surface area contributed by atoms with E-state index in [1.54, 1.807) is 6.20 Å². The monoisotopic (exact) mass is 231 g/mol. The zero-order chi connectivity index (χ0) is 12.1. The highest BCUT2D eigenvalue weighted by atomic mass is 16.7. The molecule has 3 heteroatoms. The van der Waals surface area contributed by atoms with Crippen molar-refractivity contribution in [3.8, 4) is 0 Å². The Morgan fingerprint density at radius 2 is 1.76 bits per heavy atom. The van der Waals surface area contributed by atoms with E-state index in [0.29, 0.717) is 13.2 Å². The van der Waals surface area contributed by atoms with E-state index in [1.807, 2.05) is 44.2 Å². The minimum atomic E-state index is -0.308. The van der Waals surface area contributed by atoms with Gasteiger partial charge in [0.1, 0.15) is 0 Å². The molecule has 0 radical (unpaired) electrons. The zero-order valence-corrected chi connectivity index (χ0v) is 10.2. The lowest BCUT2D eigenvalue weighted by molar-refractivity contribution is -0.139. The Hall–Kier alpha value is -1.45. The Bertz CT molecular complexity index is 473. The molecule has 2 aromatic rings.